The highest BCUT2D eigenvalue weighted by Gasteiger charge is 2.32. The molecule has 2 N–H and O–H groups in total. The Balaban J connectivity index is 1.55. The third-order valence-electron chi connectivity index (χ3n) is 6.47. The Kier molecular flexibility index (Phi) is 6.88. The fraction of sp³-hybridized carbons (Fsp3) is 0.360. The van der Waals surface area contributed by atoms with Crippen LogP contribution in [-0.4, -0.2) is 40.3 Å². The van der Waals surface area contributed by atoms with Crippen molar-refractivity contribution in [2.75, 3.05) is 19.6 Å². The summed E-state index contributed by atoms with van der Waals surface area (Å²) in [7, 11) is 0. The second-order valence-corrected chi connectivity index (χ2v) is 9.71. The standard InChI is InChI=1S/C25H26Cl2FN5O/c26-18-6-9-22(21(27)13-18)33-24-17(12-16-4-7-19(28)8-5-16)14-29-15-20(24)23(30-33)25(34)31-32-10-2-1-3-11-32/h4-9,13,17,29H,1-3,10-12,14-15H2,(H,31,34). The van der Waals surface area contributed by atoms with Crippen LogP contribution in [0.25, 0.3) is 5.69 Å². The van der Waals surface area contributed by atoms with Gasteiger partial charge in [-0.1, -0.05) is 41.8 Å². The lowest BCUT2D eigenvalue weighted by atomic mass is 9.90. The minimum Gasteiger partial charge on any atom is -0.312 e. The highest BCUT2D eigenvalue weighted by atomic mass is 35.5. The van der Waals surface area contributed by atoms with Crippen molar-refractivity contribution in [1.82, 2.24) is 25.5 Å². The van der Waals surface area contributed by atoms with Crippen molar-refractivity contribution in [2.45, 2.75) is 38.1 Å². The van der Waals surface area contributed by atoms with E-state index in [1.54, 1.807) is 28.9 Å². The van der Waals surface area contributed by atoms with Crippen molar-refractivity contribution in [3.05, 3.63) is 80.8 Å². The van der Waals surface area contributed by atoms with E-state index in [2.05, 4.69) is 10.7 Å². The predicted molar refractivity (Wildman–Crippen MR) is 131 cm³/mol. The first-order valence-electron chi connectivity index (χ1n) is 11.6. The van der Waals surface area contributed by atoms with Gasteiger partial charge in [0, 0.05) is 42.7 Å². The van der Waals surface area contributed by atoms with Crippen molar-refractivity contribution in [3.63, 3.8) is 0 Å². The number of benzene rings is 2. The summed E-state index contributed by atoms with van der Waals surface area (Å²) in [5, 5.41) is 11.2. The quantitative estimate of drug-likeness (QED) is 0.522. The number of halogens is 3. The molecular weight excluding hydrogens is 476 g/mol. The summed E-state index contributed by atoms with van der Waals surface area (Å²) >= 11 is 12.7. The first-order valence-corrected chi connectivity index (χ1v) is 12.3. The van der Waals surface area contributed by atoms with Gasteiger partial charge in [0.25, 0.3) is 5.91 Å². The first kappa shape index (κ1) is 23.3. The third-order valence-corrected chi connectivity index (χ3v) is 7.00. The number of hydrazine groups is 1. The van der Waals surface area contributed by atoms with Crippen LogP contribution >= 0.6 is 23.2 Å². The molecule has 1 fully saturated rings. The zero-order valence-electron chi connectivity index (χ0n) is 18.7. The van der Waals surface area contributed by atoms with Crippen LogP contribution in [0.15, 0.2) is 42.5 Å². The summed E-state index contributed by atoms with van der Waals surface area (Å²) in [5.41, 5.74) is 6.91. The van der Waals surface area contributed by atoms with Gasteiger partial charge in [-0.15, -0.1) is 0 Å². The Hall–Kier alpha value is -2.45. The molecule has 2 aromatic carbocycles. The minimum absolute atomic E-state index is 0.0185. The molecule has 1 aromatic heterocycles. The van der Waals surface area contributed by atoms with Crippen molar-refractivity contribution in [3.8, 4) is 5.69 Å². The molecule has 34 heavy (non-hydrogen) atoms. The number of piperidine rings is 1. The van der Waals surface area contributed by atoms with Crippen LogP contribution in [0, 0.1) is 5.82 Å². The molecule has 0 radical (unpaired) electrons. The normalized spacial score (nSPS) is 18.5. The highest BCUT2D eigenvalue weighted by molar-refractivity contribution is 6.35. The molecule has 178 valence electrons. The molecule has 6 nitrogen and oxygen atoms in total. The van der Waals surface area contributed by atoms with Crippen molar-refractivity contribution < 1.29 is 9.18 Å². The predicted octanol–water partition coefficient (Wildman–Crippen LogP) is 4.88. The number of fused-ring (bicyclic) bond motifs is 1. The molecule has 0 spiro atoms. The molecule has 5 rings (SSSR count). The van der Waals surface area contributed by atoms with E-state index in [4.69, 9.17) is 28.3 Å². The van der Waals surface area contributed by atoms with Gasteiger partial charge in [0.15, 0.2) is 5.69 Å². The molecule has 2 aliphatic heterocycles. The Morgan fingerprint density at radius 1 is 1.12 bits per heavy atom. The Morgan fingerprint density at radius 2 is 1.88 bits per heavy atom. The number of hydrogen-bond donors (Lipinski definition) is 2. The fourth-order valence-corrected chi connectivity index (χ4v) is 5.31. The number of rotatable bonds is 5. The molecule has 1 amide bonds. The number of carbonyl (C=O) groups is 1. The second-order valence-electron chi connectivity index (χ2n) is 8.87. The molecule has 3 heterocycles. The maximum atomic E-state index is 13.5. The zero-order chi connectivity index (χ0) is 23.7. The van der Waals surface area contributed by atoms with Gasteiger partial charge in [0.05, 0.1) is 16.4 Å². The van der Waals surface area contributed by atoms with Crippen LogP contribution in [0.2, 0.25) is 10.0 Å². The topological polar surface area (TPSA) is 62.2 Å². The summed E-state index contributed by atoms with van der Waals surface area (Å²) in [5.74, 6) is -0.461. The molecule has 9 heteroatoms. The van der Waals surface area contributed by atoms with E-state index in [1.165, 1.54) is 18.6 Å². The number of hydrogen-bond acceptors (Lipinski definition) is 4. The summed E-state index contributed by atoms with van der Waals surface area (Å²) in [4.78, 5) is 13.3. The first-order chi connectivity index (χ1) is 16.5. The molecule has 0 aliphatic carbocycles. The third kappa shape index (κ3) is 4.84. The van der Waals surface area contributed by atoms with Gasteiger partial charge in [0.2, 0.25) is 0 Å². The Labute approximate surface area is 208 Å². The summed E-state index contributed by atoms with van der Waals surface area (Å²) < 4.78 is 15.2. The van der Waals surface area contributed by atoms with Gasteiger partial charge in [-0.05, 0) is 55.2 Å². The van der Waals surface area contributed by atoms with Gasteiger partial charge >= 0.3 is 0 Å². The van der Waals surface area contributed by atoms with E-state index in [-0.39, 0.29) is 17.6 Å². The van der Waals surface area contributed by atoms with Gasteiger partial charge in [-0.3, -0.25) is 10.2 Å². The SMILES string of the molecule is O=C(NN1CCCCC1)c1nn(-c2ccc(Cl)cc2Cl)c2c1CNCC2Cc1ccc(F)cc1. The summed E-state index contributed by atoms with van der Waals surface area (Å²) in [6, 6.07) is 11.8. The van der Waals surface area contributed by atoms with Gasteiger partial charge in [0.1, 0.15) is 5.82 Å². The minimum atomic E-state index is -0.263. The molecule has 0 bridgehead atoms. The maximum Gasteiger partial charge on any atom is 0.286 e. The second kappa shape index (κ2) is 10.0. The van der Waals surface area contributed by atoms with Gasteiger partial charge < -0.3 is 5.32 Å². The molecule has 2 aliphatic rings. The van der Waals surface area contributed by atoms with Crippen molar-refractivity contribution in [2.24, 2.45) is 0 Å². The highest BCUT2D eigenvalue weighted by Crippen LogP contribution is 2.34. The lowest BCUT2D eigenvalue weighted by molar-refractivity contribution is 0.0743. The zero-order valence-corrected chi connectivity index (χ0v) is 20.2. The lowest BCUT2D eigenvalue weighted by Gasteiger charge is -2.27. The number of amides is 1. The Bertz CT molecular complexity index is 1190. The van der Waals surface area contributed by atoms with Gasteiger partial charge in [-0.2, -0.15) is 5.10 Å². The van der Waals surface area contributed by atoms with E-state index in [0.717, 1.165) is 42.8 Å². The van der Waals surface area contributed by atoms with Crippen LogP contribution in [0.1, 0.15) is 52.5 Å². The lowest BCUT2D eigenvalue weighted by Crippen LogP contribution is -2.45. The van der Waals surface area contributed by atoms with Crippen LogP contribution in [-0.2, 0) is 13.0 Å². The molecule has 1 unspecified atom stereocenters. The average Bonchev–Trinajstić information content (AvgIpc) is 3.22. The van der Waals surface area contributed by atoms with Crippen LogP contribution in [0.5, 0.6) is 0 Å². The molecule has 1 atom stereocenters. The van der Waals surface area contributed by atoms with Crippen LogP contribution in [0.4, 0.5) is 4.39 Å². The molecule has 1 saturated heterocycles. The monoisotopic (exact) mass is 501 g/mol. The van der Waals surface area contributed by atoms with E-state index < -0.39 is 0 Å². The molecule has 0 saturated carbocycles. The Morgan fingerprint density at radius 3 is 2.62 bits per heavy atom. The summed E-state index contributed by atoms with van der Waals surface area (Å²) in [6.07, 6.45) is 3.98. The fourth-order valence-electron chi connectivity index (χ4n) is 4.82. The molecular formula is C25H26Cl2FN5O. The van der Waals surface area contributed by atoms with Crippen molar-refractivity contribution >= 4 is 29.1 Å². The van der Waals surface area contributed by atoms with E-state index >= 15 is 0 Å². The smallest absolute Gasteiger partial charge is 0.286 e. The number of carbonyl (C=O) groups excluding carboxylic acids is 1. The van der Waals surface area contributed by atoms with E-state index in [1.807, 2.05) is 11.1 Å². The van der Waals surface area contributed by atoms with Crippen molar-refractivity contribution in [1.29, 1.82) is 0 Å². The average molecular weight is 502 g/mol. The van der Waals surface area contributed by atoms with Gasteiger partial charge in [-0.25, -0.2) is 14.1 Å². The maximum absolute atomic E-state index is 13.5. The number of nitrogens with one attached hydrogen (secondary N) is 2. The van der Waals surface area contributed by atoms with Crippen LogP contribution < -0.4 is 10.7 Å². The molecule has 3 aromatic rings. The number of nitrogens with zero attached hydrogens (tertiary/aromatic N) is 3. The van der Waals surface area contributed by atoms with E-state index in [9.17, 15) is 9.18 Å². The van der Waals surface area contributed by atoms with Crippen LogP contribution in [0.3, 0.4) is 0 Å². The largest absolute Gasteiger partial charge is 0.312 e. The summed E-state index contributed by atoms with van der Waals surface area (Å²) in [6.45, 7) is 2.91. The number of aromatic nitrogens is 2. The van der Waals surface area contributed by atoms with E-state index in [0.29, 0.717) is 40.9 Å².